The Kier molecular flexibility index (Phi) is 9.91. The predicted octanol–water partition coefficient (Wildman–Crippen LogP) is 3.01. The first-order valence-corrected chi connectivity index (χ1v) is 12.8. The molecule has 0 radical (unpaired) electrons. The second kappa shape index (κ2) is 12.2. The molecule has 0 aromatic heterocycles. The van der Waals surface area contributed by atoms with E-state index in [1.807, 2.05) is 0 Å². The standard InChI is InChI=1S/C22H37N3O4S/c1-4-19-9-5-6-16-24(19)17-8-15-23-22(26)10-7-18-25(30(3,27)28)20-11-13-21(29-2)14-12-20/h11-14,19H,4-10,15-18H2,1-3H3,(H,23,26). The molecule has 0 saturated carbocycles. The molecule has 1 saturated heterocycles. The molecule has 0 aliphatic carbocycles. The van der Waals surface area contributed by atoms with Gasteiger partial charge in [0, 0.05) is 32.1 Å². The first-order chi connectivity index (χ1) is 14.3. The number of nitrogens with zero attached hydrogens (tertiary/aromatic N) is 2. The largest absolute Gasteiger partial charge is 0.497 e. The topological polar surface area (TPSA) is 79.0 Å². The molecule has 1 aliphatic rings. The summed E-state index contributed by atoms with van der Waals surface area (Å²) in [5.74, 6) is 0.644. The number of sulfonamides is 1. The lowest BCUT2D eigenvalue weighted by molar-refractivity contribution is -0.121. The fraction of sp³-hybridized carbons (Fsp3) is 0.682. The van der Waals surface area contributed by atoms with Crippen molar-refractivity contribution in [1.29, 1.82) is 0 Å². The molecule has 2 rings (SSSR count). The molecule has 1 N–H and O–H groups in total. The lowest BCUT2D eigenvalue weighted by atomic mass is 10.00. The quantitative estimate of drug-likeness (QED) is 0.507. The maximum absolute atomic E-state index is 12.2. The highest BCUT2D eigenvalue weighted by Gasteiger charge is 2.20. The molecule has 7 nitrogen and oxygen atoms in total. The van der Waals surface area contributed by atoms with Crippen LogP contribution in [0.4, 0.5) is 5.69 Å². The van der Waals surface area contributed by atoms with Crippen LogP contribution >= 0.6 is 0 Å². The van der Waals surface area contributed by atoms with Crippen LogP contribution in [0.3, 0.4) is 0 Å². The number of piperidine rings is 1. The van der Waals surface area contributed by atoms with Crippen LogP contribution in [0.15, 0.2) is 24.3 Å². The number of hydrogen-bond donors (Lipinski definition) is 1. The van der Waals surface area contributed by atoms with Crippen LogP contribution in [0.2, 0.25) is 0 Å². The summed E-state index contributed by atoms with van der Waals surface area (Å²) < 4.78 is 30.8. The van der Waals surface area contributed by atoms with Crippen LogP contribution in [0.1, 0.15) is 51.9 Å². The normalized spacial score (nSPS) is 17.5. The minimum absolute atomic E-state index is 0.0242. The Morgan fingerprint density at radius 2 is 1.97 bits per heavy atom. The van der Waals surface area contributed by atoms with Crippen molar-refractivity contribution >= 4 is 21.6 Å². The van der Waals surface area contributed by atoms with Gasteiger partial charge in [0.1, 0.15) is 5.75 Å². The predicted molar refractivity (Wildman–Crippen MR) is 122 cm³/mol. The summed E-state index contributed by atoms with van der Waals surface area (Å²) in [6.45, 7) is 5.37. The molecule has 1 atom stereocenters. The summed E-state index contributed by atoms with van der Waals surface area (Å²) in [4.78, 5) is 14.7. The van der Waals surface area contributed by atoms with Crippen LogP contribution < -0.4 is 14.4 Å². The van der Waals surface area contributed by atoms with Crippen molar-refractivity contribution in [2.75, 3.05) is 43.8 Å². The van der Waals surface area contributed by atoms with E-state index in [4.69, 9.17) is 4.74 Å². The molecule has 8 heteroatoms. The van der Waals surface area contributed by atoms with E-state index < -0.39 is 10.0 Å². The highest BCUT2D eigenvalue weighted by molar-refractivity contribution is 7.92. The number of rotatable bonds is 12. The number of hydrogen-bond acceptors (Lipinski definition) is 5. The number of carbonyl (C=O) groups excluding carboxylic acids is 1. The second-order valence-electron chi connectivity index (χ2n) is 7.93. The molecular formula is C22H37N3O4S. The number of methoxy groups -OCH3 is 1. The Hall–Kier alpha value is -1.80. The minimum Gasteiger partial charge on any atom is -0.497 e. The Labute approximate surface area is 181 Å². The van der Waals surface area contributed by atoms with Gasteiger partial charge in [0.15, 0.2) is 0 Å². The van der Waals surface area contributed by atoms with Crippen LogP contribution in [-0.2, 0) is 14.8 Å². The van der Waals surface area contributed by atoms with E-state index >= 15 is 0 Å². The SMILES string of the molecule is CCC1CCCCN1CCCNC(=O)CCCN(c1ccc(OC)cc1)S(C)(=O)=O. The summed E-state index contributed by atoms with van der Waals surface area (Å²) in [6, 6.07) is 7.57. The highest BCUT2D eigenvalue weighted by atomic mass is 32.2. The number of ether oxygens (including phenoxy) is 1. The summed E-state index contributed by atoms with van der Waals surface area (Å²) in [5, 5.41) is 2.97. The average Bonchev–Trinajstić information content (AvgIpc) is 2.74. The molecule has 1 amide bonds. The maximum atomic E-state index is 12.2. The van der Waals surface area contributed by atoms with Gasteiger partial charge in [-0.3, -0.25) is 9.10 Å². The Morgan fingerprint density at radius 3 is 2.60 bits per heavy atom. The van der Waals surface area contributed by atoms with Crippen molar-refractivity contribution in [1.82, 2.24) is 10.2 Å². The molecule has 170 valence electrons. The average molecular weight is 440 g/mol. The third-order valence-electron chi connectivity index (χ3n) is 5.69. The zero-order valence-electron chi connectivity index (χ0n) is 18.6. The van der Waals surface area contributed by atoms with Gasteiger partial charge in [-0.1, -0.05) is 13.3 Å². The minimum atomic E-state index is -3.42. The van der Waals surface area contributed by atoms with Crippen molar-refractivity contribution in [2.24, 2.45) is 0 Å². The zero-order chi connectivity index (χ0) is 22.0. The van der Waals surface area contributed by atoms with E-state index in [9.17, 15) is 13.2 Å². The molecule has 1 unspecified atom stereocenters. The van der Waals surface area contributed by atoms with Crippen LogP contribution in [0.5, 0.6) is 5.75 Å². The first kappa shape index (κ1) is 24.5. The Morgan fingerprint density at radius 1 is 1.23 bits per heavy atom. The zero-order valence-corrected chi connectivity index (χ0v) is 19.4. The number of likely N-dealkylation sites (tertiary alicyclic amines) is 1. The van der Waals surface area contributed by atoms with Gasteiger partial charge in [-0.05, 0) is 62.9 Å². The van der Waals surface area contributed by atoms with Gasteiger partial charge in [-0.25, -0.2) is 8.42 Å². The van der Waals surface area contributed by atoms with E-state index in [1.165, 1.54) is 42.8 Å². The third kappa shape index (κ3) is 7.80. The summed E-state index contributed by atoms with van der Waals surface area (Å²) in [7, 11) is -1.86. The molecule has 1 fully saturated rings. The maximum Gasteiger partial charge on any atom is 0.232 e. The summed E-state index contributed by atoms with van der Waals surface area (Å²) >= 11 is 0. The van der Waals surface area contributed by atoms with E-state index in [1.54, 1.807) is 31.4 Å². The summed E-state index contributed by atoms with van der Waals surface area (Å²) in [6.07, 6.45) is 7.98. The van der Waals surface area contributed by atoms with Gasteiger partial charge in [-0.15, -0.1) is 0 Å². The number of benzene rings is 1. The molecule has 1 heterocycles. The first-order valence-electron chi connectivity index (χ1n) is 11.0. The number of amides is 1. The third-order valence-corrected chi connectivity index (χ3v) is 6.88. The molecular weight excluding hydrogens is 402 g/mol. The van der Waals surface area contributed by atoms with E-state index in [0.717, 1.165) is 13.0 Å². The number of anilines is 1. The number of nitrogens with one attached hydrogen (secondary N) is 1. The molecule has 1 aromatic carbocycles. The van der Waals surface area contributed by atoms with Gasteiger partial charge >= 0.3 is 0 Å². The monoisotopic (exact) mass is 439 g/mol. The van der Waals surface area contributed by atoms with Crippen molar-refractivity contribution in [3.05, 3.63) is 24.3 Å². The van der Waals surface area contributed by atoms with Gasteiger partial charge in [0.05, 0.1) is 19.1 Å². The van der Waals surface area contributed by atoms with Crippen molar-refractivity contribution in [2.45, 2.75) is 57.9 Å². The molecule has 1 aliphatic heterocycles. The molecule has 0 spiro atoms. The molecule has 0 bridgehead atoms. The van der Waals surface area contributed by atoms with Gasteiger partial charge in [0.2, 0.25) is 15.9 Å². The van der Waals surface area contributed by atoms with Crippen LogP contribution in [-0.4, -0.2) is 64.8 Å². The molecule has 1 aromatic rings. The van der Waals surface area contributed by atoms with Crippen molar-refractivity contribution < 1.29 is 17.9 Å². The Bertz CT molecular complexity index is 752. The lowest BCUT2D eigenvalue weighted by Crippen LogP contribution is -2.40. The fourth-order valence-corrected chi connectivity index (χ4v) is 5.00. The lowest BCUT2D eigenvalue weighted by Gasteiger charge is -2.35. The van der Waals surface area contributed by atoms with Gasteiger partial charge in [0.25, 0.3) is 0 Å². The van der Waals surface area contributed by atoms with E-state index in [-0.39, 0.29) is 12.5 Å². The second-order valence-corrected chi connectivity index (χ2v) is 9.84. The van der Waals surface area contributed by atoms with Crippen LogP contribution in [0.25, 0.3) is 0 Å². The van der Waals surface area contributed by atoms with Gasteiger partial charge < -0.3 is 15.0 Å². The number of carbonyl (C=O) groups is 1. The van der Waals surface area contributed by atoms with E-state index in [2.05, 4.69) is 17.1 Å². The summed E-state index contributed by atoms with van der Waals surface area (Å²) in [5.41, 5.74) is 0.575. The van der Waals surface area contributed by atoms with E-state index in [0.29, 0.717) is 36.9 Å². The fourth-order valence-electron chi connectivity index (χ4n) is 4.03. The molecule has 30 heavy (non-hydrogen) atoms. The van der Waals surface area contributed by atoms with Gasteiger partial charge in [-0.2, -0.15) is 0 Å². The highest BCUT2D eigenvalue weighted by Crippen LogP contribution is 2.22. The van der Waals surface area contributed by atoms with Crippen molar-refractivity contribution in [3.8, 4) is 5.75 Å². The van der Waals surface area contributed by atoms with Crippen LogP contribution in [0, 0.1) is 0 Å². The van der Waals surface area contributed by atoms with Crippen molar-refractivity contribution in [3.63, 3.8) is 0 Å². The smallest absolute Gasteiger partial charge is 0.232 e. The Balaban J connectivity index is 1.72.